The first-order valence-electron chi connectivity index (χ1n) is 5.97. The van der Waals surface area contributed by atoms with Crippen LogP contribution in [0.4, 0.5) is 13.2 Å². The van der Waals surface area contributed by atoms with Crippen LogP contribution in [0.15, 0.2) is 24.3 Å². The lowest BCUT2D eigenvalue weighted by Crippen LogP contribution is -2.29. The molecule has 1 aromatic rings. The van der Waals surface area contributed by atoms with Gasteiger partial charge in [0.05, 0.1) is 0 Å². The molecule has 1 unspecified atom stereocenters. The van der Waals surface area contributed by atoms with E-state index in [2.05, 4.69) is 10.1 Å². The number of halogens is 4. The molecule has 0 saturated carbocycles. The van der Waals surface area contributed by atoms with Crippen LogP contribution in [0.5, 0.6) is 0 Å². The lowest BCUT2D eigenvalue weighted by Gasteiger charge is -2.16. The molecule has 0 spiro atoms. The summed E-state index contributed by atoms with van der Waals surface area (Å²) < 4.78 is 40.3. The van der Waals surface area contributed by atoms with E-state index >= 15 is 0 Å². The molecule has 0 amide bonds. The summed E-state index contributed by atoms with van der Waals surface area (Å²) in [6.07, 6.45) is -3.01. The summed E-state index contributed by atoms with van der Waals surface area (Å²) in [7, 11) is 1.78. The molecule has 1 atom stereocenters. The highest BCUT2D eigenvalue weighted by Crippen LogP contribution is 2.15. The minimum atomic E-state index is -4.26. The number of alkyl halides is 3. The van der Waals surface area contributed by atoms with Crippen molar-refractivity contribution in [2.75, 3.05) is 20.3 Å². The second kappa shape index (κ2) is 7.72. The first kappa shape index (κ1) is 16.3. The summed E-state index contributed by atoms with van der Waals surface area (Å²) in [5.41, 5.74) is 1.08. The first-order valence-corrected chi connectivity index (χ1v) is 6.34. The molecule has 0 aliphatic rings. The highest BCUT2D eigenvalue weighted by Gasteiger charge is 2.27. The van der Waals surface area contributed by atoms with E-state index < -0.39 is 12.8 Å². The molecule has 0 bridgehead atoms. The molecule has 0 radical (unpaired) electrons. The molecule has 0 saturated heterocycles. The maximum atomic E-state index is 11.9. The van der Waals surface area contributed by atoms with Gasteiger partial charge in [0.2, 0.25) is 0 Å². The Bertz CT molecular complexity index is 367. The fourth-order valence-corrected chi connectivity index (χ4v) is 1.79. The predicted molar refractivity (Wildman–Crippen MR) is 69.5 cm³/mol. The van der Waals surface area contributed by atoms with Crippen LogP contribution in [0.2, 0.25) is 5.02 Å². The van der Waals surface area contributed by atoms with Gasteiger partial charge >= 0.3 is 6.18 Å². The van der Waals surface area contributed by atoms with Crippen LogP contribution in [-0.4, -0.2) is 32.5 Å². The molecule has 0 aromatic heterocycles. The zero-order valence-corrected chi connectivity index (χ0v) is 11.4. The Morgan fingerprint density at radius 3 is 2.42 bits per heavy atom. The van der Waals surface area contributed by atoms with E-state index in [4.69, 9.17) is 11.6 Å². The highest BCUT2D eigenvalue weighted by atomic mass is 35.5. The molecular formula is C13H17ClF3NO. The van der Waals surface area contributed by atoms with Crippen LogP contribution in [0, 0.1) is 0 Å². The topological polar surface area (TPSA) is 21.3 Å². The number of benzene rings is 1. The summed E-state index contributed by atoms with van der Waals surface area (Å²) in [6, 6.07) is 7.48. The molecule has 2 nitrogen and oxygen atoms in total. The summed E-state index contributed by atoms with van der Waals surface area (Å²) >= 11 is 5.79. The van der Waals surface area contributed by atoms with Crippen molar-refractivity contribution in [1.29, 1.82) is 0 Å². The third-order valence-electron chi connectivity index (χ3n) is 2.68. The zero-order chi connectivity index (χ0) is 14.3. The second-order valence-electron chi connectivity index (χ2n) is 4.27. The van der Waals surface area contributed by atoms with E-state index in [1.165, 1.54) is 0 Å². The summed E-state index contributed by atoms with van der Waals surface area (Å²) in [5.74, 6) is 0. The van der Waals surface area contributed by atoms with Crippen molar-refractivity contribution in [3.8, 4) is 0 Å². The number of nitrogens with one attached hydrogen (secondary N) is 1. The predicted octanol–water partition coefficient (Wildman–Crippen LogP) is 3.44. The fraction of sp³-hybridized carbons (Fsp3) is 0.538. The third kappa shape index (κ3) is 7.40. The SMILES string of the molecule is CNC(CCOCC(F)(F)F)Cc1ccc(Cl)cc1. The van der Waals surface area contributed by atoms with E-state index in [1.807, 2.05) is 12.1 Å². The van der Waals surface area contributed by atoms with Gasteiger partial charge in [-0.15, -0.1) is 0 Å². The van der Waals surface area contributed by atoms with Crippen LogP contribution in [0.25, 0.3) is 0 Å². The van der Waals surface area contributed by atoms with Gasteiger partial charge in [0, 0.05) is 17.7 Å². The van der Waals surface area contributed by atoms with Gasteiger partial charge < -0.3 is 10.1 Å². The van der Waals surface area contributed by atoms with Gasteiger partial charge in [0.1, 0.15) is 6.61 Å². The molecule has 1 aromatic carbocycles. The summed E-state index contributed by atoms with van der Waals surface area (Å²) in [6.45, 7) is -1.11. The minimum Gasteiger partial charge on any atom is -0.372 e. The van der Waals surface area contributed by atoms with Crippen molar-refractivity contribution >= 4 is 11.6 Å². The largest absolute Gasteiger partial charge is 0.411 e. The summed E-state index contributed by atoms with van der Waals surface area (Å²) in [5, 5.41) is 3.73. The Balaban J connectivity index is 2.31. The third-order valence-corrected chi connectivity index (χ3v) is 2.93. The van der Waals surface area contributed by atoms with Crippen molar-refractivity contribution in [2.24, 2.45) is 0 Å². The smallest absolute Gasteiger partial charge is 0.372 e. The molecule has 19 heavy (non-hydrogen) atoms. The van der Waals surface area contributed by atoms with Crippen LogP contribution in [-0.2, 0) is 11.2 Å². The fourth-order valence-electron chi connectivity index (χ4n) is 1.67. The molecule has 0 aliphatic carbocycles. The monoisotopic (exact) mass is 295 g/mol. The van der Waals surface area contributed by atoms with Gasteiger partial charge in [-0.05, 0) is 37.6 Å². The molecule has 0 aliphatic heterocycles. The number of hydrogen-bond donors (Lipinski definition) is 1. The zero-order valence-electron chi connectivity index (χ0n) is 10.6. The molecule has 1 N–H and O–H groups in total. The maximum absolute atomic E-state index is 11.9. The molecule has 108 valence electrons. The Kier molecular flexibility index (Phi) is 6.62. The van der Waals surface area contributed by atoms with Crippen molar-refractivity contribution < 1.29 is 17.9 Å². The van der Waals surface area contributed by atoms with E-state index in [0.29, 0.717) is 11.4 Å². The number of likely N-dealkylation sites (N-methyl/N-ethyl adjacent to an activating group) is 1. The van der Waals surface area contributed by atoms with Crippen molar-refractivity contribution in [3.05, 3.63) is 34.9 Å². The maximum Gasteiger partial charge on any atom is 0.411 e. The van der Waals surface area contributed by atoms with Crippen LogP contribution >= 0.6 is 11.6 Å². The van der Waals surface area contributed by atoms with Crippen molar-refractivity contribution in [2.45, 2.75) is 25.1 Å². The Morgan fingerprint density at radius 1 is 1.26 bits per heavy atom. The van der Waals surface area contributed by atoms with Crippen LogP contribution in [0.1, 0.15) is 12.0 Å². The lowest BCUT2D eigenvalue weighted by atomic mass is 10.0. The van der Waals surface area contributed by atoms with E-state index in [-0.39, 0.29) is 12.6 Å². The van der Waals surface area contributed by atoms with Crippen LogP contribution in [0.3, 0.4) is 0 Å². The normalized spacial score (nSPS) is 13.5. The first-order chi connectivity index (χ1) is 8.90. The quantitative estimate of drug-likeness (QED) is 0.778. The average molecular weight is 296 g/mol. The van der Waals surface area contributed by atoms with E-state index in [1.54, 1.807) is 19.2 Å². The van der Waals surface area contributed by atoms with Gasteiger partial charge in [-0.3, -0.25) is 0 Å². The van der Waals surface area contributed by atoms with Gasteiger partial charge in [-0.1, -0.05) is 23.7 Å². The van der Waals surface area contributed by atoms with E-state index in [0.717, 1.165) is 12.0 Å². The molecule has 6 heteroatoms. The van der Waals surface area contributed by atoms with E-state index in [9.17, 15) is 13.2 Å². The summed E-state index contributed by atoms with van der Waals surface area (Å²) in [4.78, 5) is 0. The van der Waals surface area contributed by atoms with Gasteiger partial charge in [0.25, 0.3) is 0 Å². The number of ether oxygens (including phenoxy) is 1. The van der Waals surface area contributed by atoms with Crippen molar-refractivity contribution in [3.63, 3.8) is 0 Å². The number of rotatable bonds is 7. The lowest BCUT2D eigenvalue weighted by molar-refractivity contribution is -0.174. The van der Waals surface area contributed by atoms with Gasteiger partial charge in [-0.25, -0.2) is 0 Å². The van der Waals surface area contributed by atoms with Gasteiger partial charge in [-0.2, -0.15) is 13.2 Å². The Labute approximate surface area is 115 Å². The molecular weight excluding hydrogens is 279 g/mol. The highest BCUT2D eigenvalue weighted by molar-refractivity contribution is 6.30. The molecule has 0 heterocycles. The van der Waals surface area contributed by atoms with Crippen LogP contribution < -0.4 is 5.32 Å². The minimum absolute atomic E-state index is 0.0782. The average Bonchev–Trinajstić information content (AvgIpc) is 2.34. The number of hydrogen-bond acceptors (Lipinski definition) is 2. The Morgan fingerprint density at radius 2 is 1.89 bits per heavy atom. The molecule has 0 fully saturated rings. The standard InChI is InChI=1S/C13H17ClF3NO/c1-18-12(6-7-19-9-13(15,16)17)8-10-2-4-11(14)5-3-10/h2-5,12,18H,6-9H2,1H3. The Hall–Kier alpha value is -0.780. The molecule has 1 rings (SSSR count). The van der Waals surface area contributed by atoms with Crippen molar-refractivity contribution in [1.82, 2.24) is 5.32 Å². The second-order valence-corrected chi connectivity index (χ2v) is 4.71. The van der Waals surface area contributed by atoms with Gasteiger partial charge in [0.15, 0.2) is 0 Å².